The van der Waals surface area contributed by atoms with Crippen molar-refractivity contribution < 1.29 is 8.78 Å². The van der Waals surface area contributed by atoms with Gasteiger partial charge in [-0.05, 0) is 18.7 Å². The topological polar surface area (TPSA) is 38.9 Å². The predicted molar refractivity (Wildman–Crippen MR) is 46.8 cm³/mol. The standard InChI is InChI=1S/C8H9ClF2N2/c9-6-1-2-7(13-5-6)8(10,11)3-4-12/h1-2,5H,3-4,12H2. The number of rotatable bonds is 3. The van der Waals surface area contributed by atoms with Crippen LogP contribution >= 0.6 is 11.6 Å². The Morgan fingerprint density at radius 1 is 1.46 bits per heavy atom. The Labute approximate surface area is 79.7 Å². The molecule has 0 radical (unpaired) electrons. The van der Waals surface area contributed by atoms with Crippen molar-refractivity contribution in [2.75, 3.05) is 6.54 Å². The van der Waals surface area contributed by atoms with Crippen LogP contribution in [0.3, 0.4) is 0 Å². The van der Waals surface area contributed by atoms with Crippen molar-refractivity contribution in [3.63, 3.8) is 0 Å². The van der Waals surface area contributed by atoms with E-state index in [2.05, 4.69) is 4.98 Å². The summed E-state index contributed by atoms with van der Waals surface area (Å²) in [6.07, 6.45) is 0.795. The number of hydrogen-bond acceptors (Lipinski definition) is 2. The predicted octanol–water partition coefficient (Wildman–Crippen LogP) is 2.18. The van der Waals surface area contributed by atoms with E-state index in [1.807, 2.05) is 0 Å². The molecule has 0 aliphatic rings. The smallest absolute Gasteiger partial charge is 0.290 e. The van der Waals surface area contributed by atoms with Gasteiger partial charge >= 0.3 is 0 Å². The first-order valence-corrected chi connectivity index (χ1v) is 4.14. The van der Waals surface area contributed by atoms with Crippen molar-refractivity contribution in [1.82, 2.24) is 4.98 Å². The minimum Gasteiger partial charge on any atom is -0.330 e. The van der Waals surface area contributed by atoms with E-state index in [-0.39, 0.29) is 12.2 Å². The van der Waals surface area contributed by atoms with Crippen LogP contribution in [0, 0.1) is 0 Å². The molecule has 0 unspecified atom stereocenters. The summed E-state index contributed by atoms with van der Waals surface area (Å²) in [6.45, 7) is -0.0721. The van der Waals surface area contributed by atoms with E-state index in [1.54, 1.807) is 0 Å². The van der Waals surface area contributed by atoms with Crippen molar-refractivity contribution in [2.24, 2.45) is 5.73 Å². The van der Waals surface area contributed by atoms with E-state index in [0.717, 1.165) is 0 Å². The molecule has 0 saturated heterocycles. The van der Waals surface area contributed by atoms with Gasteiger partial charge in [-0.15, -0.1) is 0 Å². The molecule has 1 heterocycles. The van der Waals surface area contributed by atoms with Crippen LogP contribution < -0.4 is 5.73 Å². The number of aromatic nitrogens is 1. The fraction of sp³-hybridized carbons (Fsp3) is 0.375. The molecule has 0 fully saturated rings. The molecule has 0 aromatic carbocycles. The van der Waals surface area contributed by atoms with Crippen molar-refractivity contribution in [2.45, 2.75) is 12.3 Å². The average molecular weight is 207 g/mol. The highest BCUT2D eigenvalue weighted by Crippen LogP contribution is 2.29. The largest absolute Gasteiger partial charge is 0.330 e. The molecule has 0 aliphatic heterocycles. The van der Waals surface area contributed by atoms with Crippen LogP contribution in [0.4, 0.5) is 8.78 Å². The summed E-state index contributed by atoms with van der Waals surface area (Å²) < 4.78 is 26.2. The highest BCUT2D eigenvalue weighted by Gasteiger charge is 2.31. The van der Waals surface area contributed by atoms with Gasteiger partial charge in [0, 0.05) is 12.6 Å². The molecule has 1 aromatic heterocycles. The molecule has 13 heavy (non-hydrogen) atoms. The van der Waals surface area contributed by atoms with Crippen LogP contribution in [0.15, 0.2) is 18.3 Å². The third-order valence-electron chi connectivity index (χ3n) is 1.56. The summed E-state index contributed by atoms with van der Waals surface area (Å²) in [7, 11) is 0. The molecule has 1 aromatic rings. The highest BCUT2D eigenvalue weighted by molar-refractivity contribution is 6.30. The van der Waals surface area contributed by atoms with Crippen LogP contribution in [-0.2, 0) is 5.92 Å². The van der Waals surface area contributed by atoms with Gasteiger partial charge in [-0.2, -0.15) is 8.78 Å². The number of halogens is 3. The minimum atomic E-state index is -2.96. The molecule has 2 N–H and O–H groups in total. The second-order valence-corrected chi connectivity index (χ2v) is 3.04. The van der Waals surface area contributed by atoms with Crippen LogP contribution in [0.1, 0.15) is 12.1 Å². The van der Waals surface area contributed by atoms with E-state index in [0.29, 0.717) is 5.02 Å². The molecule has 72 valence electrons. The quantitative estimate of drug-likeness (QED) is 0.823. The Balaban J connectivity index is 2.87. The third-order valence-corrected chi connectivity index (χ3v) is 1.78. The van der Waals surface area contributed by atoms with Gasteiger partial charge < -0.3 is 5.73 Å². The van der Waals surface area contributed by atoms with Crippen LogP contribution in [-0.4, -0.2) is 11.5 Å². The fourth-order valence-corrected chi connectivity index (χ4v) is 1.01. The summed E-state index contributed by atoms with van der Waals surface area (Å²) in [6, 6.07) is 2.59. The van der Waals surface area contributed by atoms with Crippen molar-refractivity contribution in [1.29, 1.82) is 0 Å². The van der Waals surface area contributed by atoms with Gasteiger partial charge in [-0.1, -0.05) is 11.6 Å². The normalized spacial score (nSPS) is 11.7. The molecule has 5 heteroatoms. The molecule has 0 bridgehead atoms. The number of alkyl halides is 2. The SMILES string of the molecule is NCCC(F)(F)c1ccc(Cl)cn1. The second kappa shape index (κ2) is 3.98. The lowest BCUT2D eigenvalue weighted by Crippen LogP contribution is -2.19. The first kappa shape index (κ1) is 10.3. The number of hydrogen-bond donors (Lipinski definition) is 1. The Hall–Kier alpha value is -0.740. The molecule has 0 amide bonds. The zero-order valence-electron chi connectivity index (χ0n) is 6.80. The molecule has 1 rings (SSSR count). The molecule has 2 nitrogen and oxygen atoms in total. The van der Waals surface area contributed by atoms with E-state index in [4.69, 9.17) is 17.3 Å². The minimum absolute atomic E-state index is 0.0721. The van der Waals surface area contributed by atoms with Crippen molar-refractivity contribution >= 4 is 11.6 Å². The van der Waals surface area contributed by atoms with E-state index < -0.39 is 12.3 Å². The Kier molecular flexibility index (Phi) is 3.17. The lowest BCUT2D eigenvalue weighted by molar-refractivity contribution is -0.0151. The Bertz CT molecular complexity index is 274. The molecular formula is C8H9ClF2N2. The maximum atomic E-state index is 13.1. The van der Waals surface area contributed by atoms with Gasteiger partial charge in [0.2, 0.25) is 0 Å². The number of nitrogens with two attached hydrogens (primary N) is 1. The van der Waals surface area contributed by atoms with Gasteiger partial charge in [-0.3, -0.25) is 4.98 Å². The van der Waals surface area contributed by atoms with Crippen LogP contribution in [0.2, 0.25) is 5.02 Å². The Morgan fingerprint density at radius 2 is 2.15 bits per heavy atom. The monoisotopic (exact) mass is 206 g/mol. The molecule has 0 saturated carbocycles. The molecular weight excluding hydrogens is 198 g/mol. The van der Waals surface area contributed by atoms with Crippen molar-refractivity contribution in [3.05, 3.63) is 29.0 Å². The summed E-state index contributed by atoms with van der Waals surface area (Å²) in [4.78, 5) is 3.53. The fourth-order valence-electron chi connectivity index (χ4n) is 0.902. The van der Waals surface area contributed by atoms with E-state index >= 15 is 0 Å². The van der Waals surface area contributed by atoms with E-state index in [9.17, 15) is 8.78 Å². The summed E-state index contributed by atoms with van der Waals surface area (Å²) >= 11 is 5.51. The number of nitrogens with zero attached hydrogens (tertiary/aromatic N) is 1. The zero-order chi connectivity index (χ0) is 9.90. The van der Waals surface area contributed by atoms with E-state index in [1.165, 1.54) is 18.3 Å². The molecule has 0 aliphatic carbocycles. The summed E-state index contributed by atoms with van der Waals surface area (Å²) in [5.41, 5.74) is 4.76. The van der Waals surface area contributed by atoms with Gasteiger partial charge in [0.25, 0.3) is 5.92 Å². The summed E-state index contributed by atoms with van der Waals surface area (Å²) in [5, 5.41) is 0.340. The first-order valence-electron chi connectivity index (χ1n) is 3.76. The molecule has 0 atom stereocenters. The van der Waals surface area contributed by atoms with Crippen molar-refractivity contribution in [3.8, 4) is 0 Å². The first-order chi connectivity index (χ1) is 6.06. The lowest BCUT2D eigenvalue weighted by atomic mass is 10.1. The average Bonchev–Trinajstić information content (AvgIpc) is 2.05. The Morgan fingerprint density at radius 3 is 2.62 bits per heavy atom. The maximum absolute atomic E-state index is 13.1. The van der Waals surface area contributed by atoms with Gasteiger partial charge in [-0.25, -0.2) is 0 Å². The number of pyridine rings is 1. The summed E-state index contributed by atoms with van der Waals surface area (Å²) in [5.74, 6) is -2.96. The third kappa shape index (κ3) is 2.60. The van der Waals surface area contributed by atoms with Crippen LogP contribution in [0.5, 0.6) is 0 Å². The molecule has 0 spiro atoms. The lowest BCUT2D eigenvalue weighted by Gasteiger charge is -2.13. The van der Waals surface area contributed by atoms with Gasteiger partial charge in [0.15, 0.2) is 0 Å². The maximum Gasteiger partial charge on any atom is 0.290 e. The highest BCUT2D eigenvalue weighted by atomic mass is 35.5. The van der Waals surface area contributed by atoms with Gasteiger partial charge in [0.05, 0.1) is 5.02 Å². The van der Waals surface area contributed by atoms with Gasteiger partial charge in [0.1, 0.15) is 5.69 Å². The van der Waals surface area contributed by atoms with Crippen LogP contribution in [0.25, 0.3) is 0 Å². The second-order valence-electron chi connectivity index (χ2n) is 2.60. The zero-order valence-corrected chi connectivity index (χ0v) is 7.56.